The van der Waals surface area contributed by atoms with Crippen LogP contribution >= 0.6 is 11.6 Å². The van der Waals surface area contributed by atoms with Crippen LogP contribution in [0.1, 0.15) is 5.56 Å². The third kappa shape index (κ3) is 3.96. The molecule has 5 heteroatoms. The molecule has 2 aromatic carbocycles. The Hall–Kier alpha value is -2.59. The van der Waals surface area contributed by atoms with Gasteiger partial charge in [0, 0.05) is 11.8 Å². The highest BCUT2D eigenvalue weighted by atomic mass is 35.5. The van der Waals surface area contributed by atoms with Crippen LogP contribution in [0.3, 0.4) is 0 Å². The molecule has 0 saturated heterocycles. The summed E-state index contributed by atoms with van der Waals surface area (Å²) in [4.78, 5) is 7.94. The number of nitrogens with one attached hydrogen (secondary N) is 1. The molecular weight excluding hydrogens is 298 g/mol. The molecule has 0 atom stereocenters. The van der Waals surface area contributed by atoms with Gasteiger partial charge in [0.1, 0.15) is 29.7 Å². The van der Waals surface area contributed by atoms with Crippen LogP contribution in [0.5, 0.6) is 5.75 Å². The molecule has 1 N–H and O–H groups in total. The van der Waals surface area contributed by atoms with Gasteiger partial charge in [-0.2, -0.15) is 0 Å². The standard InChI is InChI=1S/C17H14ClN3O/c18-16-10-17(20-12-19-16)21-14-6-8-15(9-7-14)22-11-13-4-2-1-3-5-13/h1-10,12H,11H2,(H,19,20,21). The Morgan fingerprint density at radius 2 is 1.73 bits per heavy atom. The molecule has 3 rings (SSSR count). The smallest absolute Gasteiger partial charge is 0.135 e. The summed E-state index contributed by atoms with van der Waals surface area (Å²) in [5, 5.41) is 3.56. The topological polar surface area (TPSA) is 47.0 Å². The molecule has 0 aliphatic carbocycles. The summed E-state index contributed by atoms with van der Waals surface area (Å²) in [6, 6.07) is 19.4. The molecule has 0 amide bonds. The molecule has 110 valence electrons. The van der Waals surface area contributed by atoms with Gasteiger partial charge in [0.2, 0.25) is 0 Å². The van der Waals surface area contributed by atoms with Crippen molar-refractivity contribution in [2.75, 3.05) is 5.32 Å². The van der Waals surface area contributed by atoms with Crippen molar-refractivity contribution in [1.29, 1.82) is 0 Å². The van der Waals surface area contributed by atoms with Crippen LogP contribution in [0, 0.1) is 0 Å². The molecule has 0 spiro atoms. The minimum Gasteiger partial charge on any atom is -0.489 e. The molecule has 22 heavy (non-hydrogen) atoms. The molecule has 1 heterocycles. The molecule has 0 saturated carbocycles. The lowest BCUT2D eigenvalue weighted by Gasteiger charge is -2.08. The number of anilines is 2. The zero-order valence-electron chi connectivity index (χ0n) is 11.7. The average Bonchev–Trinajstić information content (AvgIpc) is 2.55. The van der Waals surface area contributed by atoms with Crippen LogP contribution in [-0.4, -0.2) is 9.97 Å². The molecule has 0 fully saturated rings. The third-order valence-corrected chi connectivity index (χ3v) is 3.22. The van der Waals surface area contributed by atoms with Crippen molar-refractivity contribution in [3.05, 3.63) is 77.7 Å². The molecule has 0 aliphatic rings. The number of rotatable bonds is 5. The molecule has 3 aromatic rings. The van der Waals surface area contributed by atoms with Gasteiger partial charge in [-0.25, -0.2) is 9.97 Å². The fraction of sp³-hybridized carbons (Fsp3) is 0.0588. The fourth-order valence-corrected chi connectivity index (χ4v) is 2.07. The van der Waals surface area contributed by atoms with E-state index in [0.29, 0.717) is 17.6 Å². The molecule has 0 unspecified atom stereocenters. The van der Waals surface area contributed by atoms with Crippen molar-refractivity contribution in [3.63, 3.8) is 0 Å². The van der Waals surface area contributed by atoms with Gasteiger partial charge in [0.25, 0.3) is 0 Å². The van der Waals surface area contributed by atoms with Crippen molar-refractivity contribution >= 4 is 23.1 Å². The van der Waals surface area contributed by atoms with Crippen LogP contribution in [0.15, 0.2) is 67.0 Å². The van der Waals surface area contributed by atoms with Gasteiger partial charge in [-0.3, -0.25) is 0 Å². The average molecular weight is 312 g/mol. The van der Waals surface area contributed by atoms with Gasteiger partial charge in [0.05, 0.1) is 0 Å². The van der Waals surface area contributed by atoms with Crippen molar-refractivity contribution in [3.8, 4) is 5.75 Å². The number of ether oxygens (including phenoxy) is 1. The summed E-state index contributed by atoms with van der Waals surface area (Å²) in [6.07, 6.45) is 1.42. The lowest BCUT2D eigenvalue weighted by molar-refractivity contribution is 0.306. The van der Waals surface area contributed by atoms with Gasteiger partial charge in [-0.05, 0) is 29.8 Å². The van der Waals surface area contributed by atoms with E-state index in [0.717, 1.165) is 17.0 Å². The summed E-state index contributed by atoms with van der Waals surface area (Å²) in [6.45, 7) is 0.551. The number of hydrogen-bond donors (Lipinski definition) is 1. The van der Waals surface area contributed by atoms with Crippen LogP contribution in [0.25, 0.3) is 0 Å². The molecule has 1 aromatic heterocycles. The van der Waals surface area contributed by atoms with E-state index < -0.39 is 0 Å². The van der Waals surface area contributed by atoms with Gasteiger partial charge in [0.15, 0.2) is 0 Å². The van der Waals surface area contributed by atoms with E-state index >= 15 is 0 Å². The maximum Gasteiger partial charge on any atom is 0.135 e. The monoisotopic (exact) mass is 311 g/mol. The Kier molecular flexibility index (Phi) is 4.51. The van der Waals surface area contributed by atoms with Gasteiger partial charge in [-0.15, -0.1) is 0 Å². The Balaban J connectivity index is 1.60. The van der Waals surface area contributed by atoms with E-state index in [1.54, 1.807) is 6.07 Å². The van der Waals surface area contributed by atoms with Crippen molar-refractivity contribution in [1.82, 2.24) is 9.97 Å². The summed E-state index contributed by atoms with van der Waals surface area (Å²) in [5.74, 6) is 1.47. The summed E-state index contributed by atoms with van der Waals surface area (Å²) in [5.41, 5.74) is 2.04. The Morgan fingerprint density at radius 3 is 2.45 bits per heavy atom. The zero-order chi connectivity index (χ0) is 15.2. The van der Waals surface area contributed by atoms with Crippen LogP contribution in [0.2, 0.25) is 5.15 Å². The normalized spacial score (nSPS) is 10.2. The number of hydrogen-bond acceptors (Lipinski definition) is 4. The van der Waals surface area contributed by atoms with Gasteiger partial charge >= 0.3 is 0 Å². The fourth-order valence-electron chi connectivity index (χ4n) is 1.93. The highest BCUT2D eigenvalue weighted by molar-refractivity contribution is 6.29. The second kappa shape index (κ2) is 6.91. The first-order valence-corrected chi connectivity index (χ1v) is 7.19. The van der Waals surface area contributed by atoms with Gasteiger partial charge < -0.3 is 10.1 Å². The lowest BCUT2D eigenvalue weighted by atomic mass is 10.2. The van der Waals surface area contributed by atoms with E-state index in [2.05, 4.69) is 15.3 Å². The molecule has 0 radical (unpaired) electrons. The zero-order valence-corrected chi connectivity index (χ0v) is 12.5. The first-order valence-electron chi connectivity index (χ1n) is 6.81. The first-order chi connectivity index (χ1) is 10.8. The second-order valence-electron chi connectivity index (χ2n) is 4.65. The third-order valence-electron chi connectivity index (χ3n) is 3.01. The van der Waals surface area contributed by atoms with E-state index in [1.807, 2.05) is 54.6 Å². The largest absolute Gasteiger partial charge is 0.489 e. The predicted molar refractivity (Wildman–Crippen MR) is 87.5 cm³/mol. The Bertz CT molecular complexity index is 732. The molecular formula is C17H14ClN3O. The Morgan fingerprint density at radius 1 is 0.955 bits per heavy atom. The van der Waals surface area contributed by atoms with E-state index in [4.69, 9.17) is 16.3 Å². The first kappa shape index (κ1) is 14.4. The number of benzene rings is 2. The van der Waals surface area contributed by atoms with Crippen LogP contribution in [0.4, 0.5) is 11.5 Å². The van der Waals surface area contributed by atoms with E-state index in [9.17, 15) is 0 Å². The second-order valence-corrected chi connectivity index (χ2v) is 5.04. The van der Waals surface area contributed by atoms with Crippen LogP contribution < -0.4 is 10.1 Å². The number of aromatic nitrogens is 2. The minimum atomic E-state index is 0.403. The van der Waals surface area contributed by atoms with E-state index in [1.165, 1.54) is 6.33 Å². The summed E-state index contributed by atoms with van der Waals surface area (Å²) >= 11 is 5.82. The molecule has 0 aliphatic heterocycles. The van der Waals surface area contributed by atoms with Crippen molar-refractivity contribution in [2.24, 2.45) is 0 Å². The van der Waals surface area contributed by atoms with Gasteiger partial charge in [-0.1, -0.05) is 41.9 Å². The maximum absolute atomic E-state index is 5.82. The minimum absolute atomic E-state index is 0.403. The van der Waals surface area contributed by atoms with Crippen molar-refractivity contribution < 1.29 is 4.74 Å². The van der Waals surface area contributed by atoms with E-state index in [-0.39, 0.29) is 0 Å². The number of halogens is 1. The summed E-state index contributed by atoms with van der Waals surface area (Å²) in [7, 11) is 0. The summed E-state index contributed by atoms with van der Waals surface area (Å²) < 4.78 is 5.74. The highest BCUT2D eigenvalue weighted by Crippen LogP contribution is 2.20. The maximum atomic E-state index is 5.82. The van der Waals surface area contributed by atoms with Crippen LogP contribution in [-0.2, 0) is 6.61 Å². The lowest BCUT2D eigenvalue weighted by Crippen LogP contribution is -1.96. The molecule has 0 bridgehead atoms. The highest BCUT2D eigenvalue weighted by Gasteiger charge is 1.99. The molecule has 4 nitrogen and oxygen atoms in total. The van der Waals surface area contributed by atoms with Crippen molar-refractivity contribution in [2.45, 2.75) is 6.61 Å². The number of nitrogens with zero attached hydrogens (tertiary/aromatic N) is 2. The SMILES string of the molecule is Clc1cc(Nc2ccc(OCc3ccccc3)cc2)ncn1. The predicted octanol–water partition coefficient (Wildman–Crippen LogP) is 4.45. The Labute approximate surface area is 133 Å². The quantitative estimate of drug-likeness (QED) is 0.707.